The Morgan fingerprint density at radius 1 is 1.67 bits per heavy atom. The summed E-state index contributed by atoms with van der Waals surface area (Å²) >= 11 is 0. The first-order valence-electron chi connectivity index (χ1n) is 4.84. The molecule has 0 aromatic heterocycles. The van der Waals surface area contributed by atoms with Crippen LogP contribution in [0.15, 0.2) is 0 Å². The van der Waals surface area contributed by atoms with Crippen molar-refractivity contribution in [2.75, 3.05) is 6.61 Å². The highest BCUT2D eigenvalue weighted by Gasteiger charge is 2.59. The van der Waals surface area contributed by atoms with Crippen molar-refractivity contribution in [3.05, 3.63) is 0 Å². The molecule has 2 saturated carbocycles. The van der Waals surface area contributed by atoms with Crippen LogP contribution in [0.2, 0.25) is 0 Å². The Morgan fingerprint density at radius 2 is 2.42 bits per heavy atom. The number of hydrogen-bond acceptors (Lipinski definition) is 2. The quantitative estimate of drug-likeness (QED) is 0.628. The van der Waals surface area contributed by atoms with E-state index in [0.29, 0.717) is 11.7 Å². The molecule has 0 aromatic carbocycles. The van der Waals surface area contributed by atoms with Crippen molar-refractivity contribution in [1.82, 2.24) is 0 Å². The van der Waals surface area contributed by atoms with Crippen LogP contribution < -0.4 is 0 Å². The fourth-order valence-electron chi connectivity index (χ4n) is 2.69. The number of fused-ring (bicyclic) bond motifs is 1. The third-order valence-electron chi connectivity index (χ3n) is 3.70. The Bertz CT molecular complexity index is 212. The average molecular weight is 168 g/mol. The molecule has 0 saturated heterocycles. The van der Waals surface area contributed by atoms with Crippen LogP contribution >= 0.6 is 0 Å². The average Bonchev–Trinajstić information content (AvgIpc) is 2.26. The summed E-state index contributed by atoms with van der Waals surface area (Å²) in [4.78, 5) is 11.6. The molecule has 68 valence electrons. The van der Waals surface area contributed by atoms with Gasteiger partial charge in [0.2, 0.25) is 0 Å². The van der Waals surface area contributed by atoms with Gasteiger partial charge in [0.05, 0.1) is 11.5 Å². The van der Waals surface area contributed by atoms with E-state index in [1.165, 1.54) is 0 Å². The van der Waals surface area contributed by atoms with E-state index in [0.717, 1.165) is 25.9 Å². The van der Waals surface area contributed by atoms with Crippen LogP contribution in [-0.2, 0) is 9.53 Å². The van der Waals surface area contributed by atoms with Crippen molar-refractivity contribution in [2.24, 2.45) is 11.3 Å². The van der Waals surface area contributed by atoms with Crippen molar-refractivity contribution in [1.29, 1.82) is 0 Å². The van der Waals surface area contributed by atoms with E-state index in [4.69, 9.17) is 4.74 Å². The lowest BCUT2D eigenvalue weighted by atomic mass is 9.60. The maximum absolute atomic E-state index is 11.6. The van der Waals surface area contributed by atoms with Gasteiger partial charge in [-0.3, -0.25) is 4.79 Å². The van der Waals surface area contributed by atoms with Crippen molar-refractivity contribution in [3.63, 3.8) is 0 Å². The molecule has 0 radical (unpaired) electrons. The van der Waals surface area contributed by atoms with Crippen LogP contribution in [0.25, 0.3) is 0 Å². The SMILES string of the molecule is CCOC1C[C@H]2CCC(=O)[C@@]12C. The number of ether oxygens (including phenoxy) is 1. The zero-order valence-electron chi connectivity index (χ0n) is 7.80. The second-order valence-corrected chi connectivity index (χ2v) is 4.12. The van der Waals surface area contributed by atoms with Crippen molar-refractivity contribution < 1.29 is 9.53 Å². The third-order valence-corrected chi connectivity index (χ3v) is 3.70. The molecule has 2 heteroatoms. The predicted molar refractivity (Wildman–Crippen MR) is 45.9 cm³/mol. The molecule has 2 nitrogen and oxygen atoms in total. The number of Topliss-reactive ketones (excluding diaryl/α,β-unsaturated/α-hetero) is 1. The van der Waals surface area contributed by atoms with Crippen LogP contribution in [0.1, 0.15) is 33.1 Å². The lowest BCUT2D eigenvalue weighted by Gasteiger charge is -2.48. The molecule has 12 heavy (non-hydrogen) atoms. The summed E-state index contributed by atoms with van der Waals surface area (Å²) in [7, 11) is 0. The van der Waals surface area contributed by atoms with E-state index < -0.39 is 0 Å². The van der Waals surface area contributed by atoms with Gasteiger partial charge in [-0.05, 0) is 32.6 Å². The molecule has 2 aliphatic rings. The minimum Gasteiger partial charge on any atom is -0.377 e. The standard InChI is InChI=1S/C10H16O2/c1-3-12-9-6-7-4-5-8(11)10(7,9)2/h7,9H,3-6H2,1-2H3/t7-,9?,10+/m1/s1. The second-order valence-electron chi connectivity index (χ2n) is 4.12. The second kappa shape index (κ2) is 2.56. The minimum absolute atomic E-state index is 0.101. The number of rotatable bonds is 2. The lowest BCUT2D eigenvalue weighted by molar-refractivity contribution is -0.158. The molecular formula is C10H16O2. The smallest absolute Gasteiger partial charge is 0.141 e. The molecule has 1 unspecified atom stereocenters. The van der Waals surface area contributed by atoms with Crippen LogP contribution in [0.3, 0.4) is 0 Å². The number of carbonyl (C=O) groups excluding carboxylic acids is 1. The minimum atomic E-state index is -0.101. The summed E-state index contributed by atoms with van der Waals surface area (Å²) in [6.45, 7) is 4.81. The van der Waals surface area contributed by atoms with Gasteiger partial charge in [0, 0.05) is 13.0 Å². The topological polar surface area (TPSA) is 26.3 Å². The van der Waals surface area contributed by atoms with Gasteiger partial charge in [0.15, 0.2) is 0 Å². The molecular weight excluding hydrogens is 152 g/mol. The Hall–Kier alpha value is -0.370. The van der Waals surface area contributed by atoms with E-state index in [2.05, 4.69) is 6.92 Å². The molecule has 0 bridgehead atoms. The van der Waals surface area contributed by atoms with Crippen molar-refractivity contribution in [3.8, 4) is 0 Å². The molecule has 0 amide bonds. The zero-order valence-corrected chi connectivity index (χ0v) is 7.80. The van der Waals surface area contributed by atoms with Crippen LogP contribution in [-0.4, -0.2) is 18.5 Å². The first kappa shape index (κ1) is 8.24. The van der Waals surface area contributed by atoms with Crippen molar-refractivity contribution >= 4 is 5.78 Å². The highest BCUT2D eigenvalue weighted by atomic mass is 16.5. The van der Waals surface area contributed by atoms with Crippen LogP contribution in [0, 0.1) is 11.3 Å². The number of ketones is 1. The fraction of sp³-hybridized carbons (Fsp3) is 0.900. The Balaban J connectivity index is 2.10. The lowest BCUT2D eigenvalue weighted by Crippen LogP contribution is -2.53. The van der Waals surface area contributed by atoms with Gasteiger partial charge in [-0.25, -0.2) is 0 Å². The Labute approximate surface area is 73.3 Å². The van der Waals surface area contributed by atoms with E-state index in [1.54, 1.807) is 0 Å². The first-order valence-corrected chi connectivity index (χ1v) is 4.84. The van der Waals surface area contributed by atoms with E-state index in [1.807, 2.05) is 6.92 Å². The molecule has 0 aromatic rings. The molecule has 0 heterocycles. The summed E-state index contributed by atoms with van der Waals surface area (Å²) < 4.78 is 5.54. The van der Waals surface area contributed by atoms with E-state index in [9.17, 15) is 4.79 Å². The molecule has 2 aliphatic carbocycles. The van der Waals surface area contributed by atoms with Gasteiger partial charge in [-0.1, -0.05) is 0 Å². The summed E-state index contributed by atoms with van der Waals surface area (Å²) in [5.41, 5.74) is -0.101. The van der Waals surface area contributed by atoms with Crippen LogP contribution in [0.4, 0.5) is 0 Å². The van der Waals surface area contributed by atoms with Crippen LogP contribution in [0.5, 0.6) is 0 Å². The summed E-state index contributed by atoms with van der Waals surface area (Å²) in [5, 5.41) is 0. The van der Waals surface area contributed by atoms with Gasteiger partial charge in [0.1, 0.15) is 5.78 Å². The normalized spacial score (nSPS) is 45.7. The molecule has 0 N–H and O–H groups in total. The Morgan fingerprint density at radius 3 is 3.00 bits per heavy atom. The van der Waals surface area contributed by atoms with Gasteiger partial charge < -0.3 is 4.74 Å². The maximum atomic E-state index is 11.6. The summed E-state index contributed by atoms with van der Waals surface area (Å²) in [6.07, 6.45) is 3.21. The summed E-state index contributed by atoms with van der Waals surface area (Å²) in [5.74, 6) is 1.05. The maximum Gasteiger partial charge on any atom is 0.141 e. The number of carbonyl (C=O) groups is 1. The van der Waals surface area contributed by atoms with Crippen molar-refractivity contribution in [2.45, 2.75) is 39.2 Å². The van der Waals surface area contributed by atoms with Gasteiger partial charge in [-0.2, -0.15) is 0 Å². The van der Waals surface area contributed by atoms with E-state index in [-0.39, 0.29) is 11.5 Å². The molecule has 0 aliphatic heterocycles. The third kappa shape index (κ3) is 0.817. The van der Waals surface area contributed by atoms with Gasteiger partial charge in [-0.15, -0.1) is 0 Å². The molecule has 0 spiro atoms. The van der Waals surface area contributed by atoms with E-state index >= 15 is 0 Å². The monoisotopic (exact) mass is 168 g/mol. The van der Waals surface area contributed by atoms with Gasteiger partial charge in [0.25, 0.3) is 0 Å². The molecule has 2 fully saturated rings. The zero-order chi connectivity index (χ0) is 8.77. The molecule has 2 rings (SSSR count). The fourth-order valence-corrected chi connectivity index (χ4v) is 2.69. The molecule has 3 atom stereocenters. The Kier molecular flexibility index (Phi) is 1.76. The summed E-state index contributed by atoms with van der Waals surface area (Å²) in [6, 6.07) is 0. The van der Waals surface area contributed by atoms with Gasteiger partial charge >= 0.3 is 0 Å². The largest absolute Gasteiger partial charge is 0.377 e. The predicted octanol–water partition coefficient (Wildman–Crippen LogP) is 1.78. The first-order chi connectivity index (χ1) is 5.69. The highest BCUT2D eigenvalue weighted by molar-refractivity contribution is 5.88. The highest BCUT2D eigenvalue weighted by Crippen LogP contribution is 2.56. The number of hydrogen-bond donors (Lipinski definition) is 0.